The fourth-order valence-electron chi connectivity index (χ4n) is 2.42. The number of carbonyl (C=O) groups excluding carboxylic acids is 1. The summed E-state index contributed by atoms with van der Waals surface area (Å²) in [5.41, 5.74) is 0.526. The standard InChI is InChI=1S/C14H18N2O4/c1-2-20-13-11(4-3-7-15-13)16-12(17)9-5-6-10(8-9)14(18)19/h3-4,7,9-10H,2,5-6,8H2,1H3,(H,16,17)(H,18,19). The number of hydrogen-bond donors (Lipinski definition) is 2. The maximum absolute atomic E-state index is 12.2. The molecular weight excluding hydrogens is 260 g/mol. The number of nitrogens with zero attached hydrogens (tertiary/aromatic N) is 1. The first-order valence-corrected chi connectivity index (χ1v) is 6.73. The third-order valence-corrected chi connectivity index (χ3v) is 3.46. The highest BCUT2D eigenvalue weighted by Crippen LogP contribution is 2.32. The Hall–Kier alpha value is -2.11. The molecule has 2 atom stereocenters. The van der Waals surface area contributed by atoms with E-state index in [0.717, 1.165) is 0 Å². The molecule has 0 bridgehead atoms. The van der Waals surface area contributed by atoms with Gasteiger partial charge in [0.1, 0.15) is 5.69 Å². The number of amides is 1. The van der Waals surface area contributed by atoms with E-state index in [0.29, 0.717) is 37.4 Å². The van der Waals surface area contributed by atoms with E-state index < -0.39 is 11.9 Å². The molecule has 2 unspecified atom stereocenters. The molecule has 1 fully saturated rings. The van der Waals surface area contributed by atoms with Gasteiger partial charge in [0.25, 0.3) is 0 Å². The quantitative estimate of drug-likeness (QED) is 0.859. The maximum atomic E-state index is 12.2. The fourth-order valence-corrected chi connectivity index (χ4v) is 2.42. The van der Waals surface area contributed by atoms with Crippen molar-refractivity contribution >= 4 is 17.6 Å². The van der Waals surface area contributed by atoms with Crippen LogP contribution >= 0.6 is 0 Å². The molecule has 0 spiro atoms. The molecule has 1 heterocycles. The molecule has 1 aromatic heterocycles. The number of anilines is 1. The molecule has 6 heteroatoms. The highest BCUT2D eigenvalue weighted by atomic mass is 16.5. The summed E-state index contributed by atoms with van der Waals surface area (Å²) in [6, 6.07) is 3.44. The van der Waals surface area contributed by atoms with Crippen LogP contribution in [0.3, 0.4) is 0 Å². The summed E-state index contributed by atoms with van der Waals surface area (Å²) in [6.45, 7) is 2.30. The van der Waals surface area contributed by atoms with Gasteiger partial charge in [-0.05, 0) is 38.3 Å². The van der Waals surface area contributed by atoms with Crippen molar-refractivity contribution in [1.82, 2.24) is 4.98 Å². The summed E-state index contributed by atoms with van der Waals surface area (Å²) in [4.78, 5) is 27.1. The van der Waals surface area contributed by atoms with E-state index in [4.69, 9.17) is 9.84 Å². The molecule has 0 aliphatic heterocycles. The molecule has 1 aromatic rings. The minimum atomic E-state index is -0.823. The van der Waals surface area contributed by atoms with Crippen LogP contribution in [0.5, 0.6) is 5.88 Å². The van der Waals surface area contributed by atoms with Crippen LogP contribution < -0.4 is 10.1 Å². The molecule has 20 heavy (non-hydrogen) atoms. The van der Waals surface area contributed by atoms with Crippen molar-refractivity contribution in [2.45, 2.75) is 26.2 Å². The number of aromatic nitrogens is 1. The summed E-state index contributed by atoms with van der Waals surface area (Å²) in [7, 11) is 0. The third kappa shape index (κ3) is 3.26. The summed E-state index contributed by atoms with van der Waals surface area (Å²) in [5, 5.41) is 11.7. The zero-order valence-corrected chi connectivity index (χ0v) is 11.3. The number of hydrogen-bond acceptors (Lipinski definition) is 4. The maximum Gasteiger partial charge on any atom is 0.306 e. The van der Waals surface area contributed by atoms with Crippen molar-refractivity contribution in [3.05, 3.63) is 18.3 Å². The van der Waals surface area contributed by atoms with E-state index in [1.54, 1.807) is 18.3 Å². The van der Waals surface area contributed by atoms with E-state index in [1.165, 1.54) is 0 Å². The normalized spacial score (nSPS) is 21.4. The average molecular weight is 278 g/mol. The molecule has 2 rings (SSSR count). The van der Waals surface area contributed by atoms with E-state index in [-0.39, 0.29) is 11.8 Å². The van der Waals surface area contributed by atoms with E-state index >= 15 is 0 Å². The number of pyridine rings is 1. The SMILES string of the molecule is CCOc1ncccc1NC(=O)C1CCC(C(=O)O)C1. The van der Waals surface area contributed by atoms with Gasteiger partial charge in [-0.15, -0.1) is 0 Å². The predicted octanol–water partition coefficient (Wildman–Crippen LogP) is 1.92. The molecule has 108 valence electrons. The zero-order valence-electron chi connectivity index (χ0n) is 11.3. The predicted molar refractivity (Wildman–Crippen MR) is 72.5 cm³/mol. The molecule has 2 N–H and O–H groups in total. The first-order chi connectivity index (χ1) is 9.61. The minimum Gasteiger partial charge on any atom is -0.481 e. The zero-order chi connectivity index (χ0) is 14.5. The van der Waals surface area contributed by atoms with Crippen LogP contribution in [0.25, 0.3) is 0 Å². The van der Waals surface area contributed by atoms with Gasteiger partial charge in [-0.3, -0.25) is 9.59 Å². The van der Waals surface area contributed by atoms with Gasteiger partial charge >= 0.3 is 5.97 Å². The van der Waals surface area contributed by atoms with Crippen molar-refractivity contribution in [2.24, 2.45) is 11.8 Å². The smallest absolute Gasteiger partial charge is 0.306 e. The second-order valence-electron chi connectivity index (χ2n) is 4.82. The lowest BCUT2D eigenvalue weighted by molar-refractivity contribution is -0.141. The number of aliphatic carboxylic acids is 1. The molecule has 1 aliphatic carbocycles. The molecule has 0 aromatic carbocycles. The van der Waals surface area contributed by atoms with Crippen LogP contribution in [0.4, 0.5) is 5.69 Å². The fraction of sp³-hybridized carbons (Fsp3) is 0.500. The summed E-state index contributed by atoms with van der Waals surface area (Å²) < 4.78 is 5.34. The first-order valence-electron chi connectivity index (χ1n) is 6.73. The molecule has 6 nitrogen and oxygen atoms in total. The largest absolute Gasteiger partial charge is 0.481 e. The Bertz CT molecular complexity index is 504. The van der Waals surface area contributed by atoms with Gasteiger partial charge in [0.2, 0.25) is 11.8 Å². The van der Waals surface area contributed by atoms with Crippen LogP contribution in [0.1, 0.15) is 26.2 Å². The topological polar surface area (TPSA) is 88.5 Å². The second-order valence-corrected chi connectivity index (χ2v) is 4.82. The minimum absolute atomic E-state index is 0.164. The van der Waals surface area contributed by atoms with Gasteiger partial charge in [0, 0.05) is 12.1 Å². The first kappa shape index (κ1) is 14.3. The number of ether oxygens (including phenoxy) is 1. The lowest BCUT2D eigenvalue weighted by atomic mass is 10.0. The van der Waals surface area contributed by atoms with E-state index in [1.807, 2.05) is 6.92 Å². The average Bonchev–Trinajstić information content (AvgIpc) is 2.91. The van der Waals surface area contributed by atoms with Gasteiger partial charge in [-0.2, -0.15) is 0 Å². The van der Waals surface area contributed by atoms with E-state index in [9.17, 15) is 9.59 Å². The Morgan fingerprint density at radius 1 is 1.45 bits per heavy atom. The summed E-state index contributed by atoms with van der Waals surface area (Å²) in [6.07, 6.45) is 3.15. The Kier molecular flexibility index (Phi) is 4.55. The Morgan fingerprint density at radius 2 is 2.20 bits per heavy atom. The second kappa shape index (κ2) is 6.36. The van der Waals surface area contributed by atoms with Crippen LogP contribution in [-0.4, -0.2) is 28.6 Å². The molecule has 1 amide bonds. The number of rotatable bonds is 5. The molecule has 0 radical (unpaired) electrons. The number of carbonyl (C=O) groups is 2. The Balaban J connectivity index is 2.00. The van der Waals surface area contributed by atoms with Crippen LogP contribution in [0, 0.1) is 11.8 Å². The van der Waals surface area contributed by atoms with Crippen LogP contribution in [0.2, 0.25) is 0 Å². The van der Waals surface area contributed by atoms with Gasteiger partial charge in [0.15, 0.2) is 0 Å². The van der Waals surface area contributed by atoms with Crippen molar-refractivity contribution < 1.29 is 19.4 Å². The van der Waals surface area contributed by atoms with Gasteiger partial charge < -0.3 is 15.2 Å². The van der Waals surface area contributed by atoms with Gasteiger partial charge in [0.05, 0.1) is 12.5 Å². The Morgan fingerprint density at radius 3 is 2.85 bits per heavy atom. The number of carboxylic acid groups (broad SMARTS) is 1. The van der Waals surface area contributed by atoms with Crippen molar-refractivity contribution in [3.63, 3.8) is 0 Å². The monoisotopic (exact) mass is 278 g/mol. The Labute approximate surface area is 117 Å². The third-order valence-electron chi connectivity index (χ3n) is 3.46. The lowest BCUT2D eigenvalue weighted by Crippen LogP contribution is -2.22. The van der Waals surface area contributed by atoms with Gasteiger partial charge in [-0.1, -0.05) is 0 Å². The van der Waals surface area contributed by atoms with Crippen molar-refractivity contribution in [3.8, 4) is 5.88 Å². The van der Waals surface area contributed by atoms with Crippen molar-refractivity contribution in [1.29, 1.82) is 0 Å². The summed E-state index contributed by atoms with van der Waals surface area (Å²) >= 11 is 0. The molecule has 1 aliphatic rings. The van der Waals surface area contributed by atoms with Crippen LogP contribution in [-0.2, 0) is 9.59 Å². The highest BCUT2D eigenvalue weighted by molar-refractivity contribution is 5.94. The molecular formula is C14H18N2O4. The summed E-state index contributed by atoms with van der Waals surface area (Å²) in [5.74, 6) is -1.27. The van der Waals surface area contributed by atoms with Crippen molar-refractivity contribution in [2.75, 3.05) is 11.9 Å². The van der Waals surface area contributed by atoms with Crippen LogP contribution in [0.15, 0.2) is 18.3 Å². The molecule has 1 saturated carbocycles. The van der Waals surface area contributed by atoms with Gasteiger partial charge in [-0.25, -0.2) is 4.98 Å². The number of nitrogens with one attached hydrogen (secondary N) is 1. The molecule has 0 saturated heterocycles. The lowest BCUT2D eigenvalue weighted by Gasteiger charge is -2.13. The van der Waals surface area contributed by atoms with E-state index in [2.05, 4.69) is 10.3 Å². The number of carboxylic acids is 1. The highest BCUT2D eigenvalue weighted by Gasteiger charge is 2.34.